The van der Waals surface area contributed by atoms with Crippen LogP contribution < -0.4 is 0 Å². The van der Waals surface area contributed by atoms with Gasteiger partial charge in [0.15, 0.2) is 0 Å². The van der Waals surface area contributed by atoms with Crippen molar-refractivity contribution in [2.24, 2.45) is 0 Å². The van der Waals surface area contributed by atoms with Gasteiger partial charge in [-0.05, 0) is 11.6 Å². The second-order valence-electron chi connectivity index (χ2n) is 0.594. The van der Waals surface area contributed by atoms with E-state index >= 15 is 0 Å². The zero-order chi connectivity index (χ0) is 5.54. The van der Waals surface area contributed by atoms with Gasteiger partial charge in [0.1, 0.15) is 0 Å². The molecule has 0 N–H and O–H groups in total. The number of hydrogen-bond acceptors (Lipinski definition) is 0. The highest BCUT2D eigenvalue weighted by Gasteiger charge is 1.47. The molecule has 0 saturated carbocycles. The van der Waals surface area contributed by atoms with E-state index in [1.165, 1.54) is 0 Å². The van der Waals surface area contributed by atoms with E-state index in [1.54, 1.807) is 0 Å². The van der Waals surface area contributed by atoms with Crippen molar-refractivity contribution in [3.8, 4) is 29.1 Å². The fourth-order valence-corrected chi connectivity index (χ4v) is 0.133. The van der Waals surface area contributed by atoms with Crippen LogP contribution in [-0.2, 0) is 0 Å². The third kappa shape index (κ3) is 4.97. The summed E-state index contributed by atoms with van der Waals surface area (Å²) in [7, 11) is 0. The fourth-order valence-electron chi connectivity index (χ4n) is 0.0861. The minimum absolute atomic E-state index is 1.83. The van der Waals surface area contributed by atoms with Gasteiger partial charge in [-0.2, -0.15) is 0 Å². The van der Waals surface area contributed by atoms with Crippen LogP contribution >= 0.6 is 11.6 Å². The standard InChI is InChI=1S/C6Cl/c1-2-3-4-5-6-7. The second-order valence-corrected chi connectivity index (χ2v) is 0.783. The first kappa shape index (κ1) is 5.97. The molecule has 0 fully saturated rings. The Morgan fingerprint density at radius 1 is 1.14 bits per heavy atom. The van der Waals surface area contributed by atoms with Crippen molar-refractivity contribution in [2.45, 2.75) is 0 Å². The van der Waals surface area contributed by atoms with Gasteiger partial charge >= 0.3 is 0 Å². The Morgan fingerprint density at radius 3 is 2.29 bits per heavy atom. The molecule has 0 aromatic carbocycles. The molecule has 0 aliphatic rings. The highest BCUT2D eigenvalue weighted by atomic mass is 35.5. The molecule has 0 heterocycles. The Kier molecular flexibility index (Phi) is 4.24. The molecular formula is C6Cl. The van der Waals surface area contributed by atoms with Gasteiger partial charge < -0.3 is 0 Å². The van der Waals surface area contributed by atoms with Crippen molar-refractivity contribution < 1.29 is 0 Å². The van der Waals surface area contributed by atoms with E-state index in [4.69, 9.17) is 18.0 Å². The Hall–Kier alpha value is -1.03. The fraction of sp³-hybridized carbons (Fsp3) is 0. The summed E-state index contributed by atoms with van der Waals surface area (Å²) in [6.45, 7) is 0. The van der Waals surface area contributed by atoms with Crippen LogP contribution in [-0.4, -0.2) is 0 Å². The molecule has 0 nitrogen and oxygen atoms in total. The minimum atomic E-state index is 1.83. The van der Waals surface area contributed by atoms with Crippen LogP contribution in [0.4, 0.5) is 0 Å². The predicted molar refractivity (Wildman–Crippen MR) is 28.5 cm³/mol. The van der Waals surface area contributed by atoms with E-state index in [0.29, 0.717) is 0 Å². The predicted octanol–water partition coefficient (Wildman–Crippen LogP) is 0.779. The van der Waals surface area contributed by atoms with Crippen molar-refractivity contribution in [1.29, 1.82) is 0 Å². The van der Waals surface area contributed by atoms with Crippen molar-refractivity contribution >= 4 is 11.6 Å². The maximum atomic E-state index is 6.25. The van der Waals surface area contributed by atoms with Crippen LogP contribution in [0.2, 0.25) is 0 Å². The monoisotopic (exact) mass is 107 g/mol. The molecule has 0 amide bonds. The molecule has 0 aliphatic heterocycles. The Morgan fingerprint density at radius 2 is 1.86 bits per heavy atom. The van der Waals surface area contributed by atoms with Gasteiger partial charge in [0.05, 0.1) is 0 Å². The Balaban J connectivity index is 3.68. The van der Waals surface area contributed by atoms with E-state index in [9.17, 15) is 0 Å². The van der Waals surface area contributed by atoms with Gasteiger partial charge in [-0.1, -0.05) is 0 Å². The third-order valence-corrected chi connectivity index (χ3v) is 0.329. The maximum Gasteiger partial charge on any atom is 0.0184 e. The lowest BCUT2D eigenvalue weighted by molar-refractivity contribution is 2.42. The van der Waals surface area contributed by atoms with Gasteiger partial charge in [0.25, 0.3) is 0 Å². The van der Waals surface area contributed by atoms with Crippen LogP contribution in [0.15, 0.2) is 0 Å². The van der Waals surface area contributed by atoms with Gasteiger partial charge in [0.2, 0.25) is 0 Å². The molecule has 0 bridgehead atoms. The summed E-state index contributed by atoms with van der Waals surface area (Å²) in [5.74, 6) is 8.45. The first-order chi connectivity index (χ1) is 3.41. The molecule has 0 aromatic rings. The lowest BCUT2D eigenvalue weighted by Gasteiger charge is -1.46. The van der Waals surface area contributed by atoms with Gasteiger partial charge in [0, 0.05) is 35.5 Å². The number of rotatable bonds is 0. The molecule has 1 radical (unpaired) electrons. The first-order valence-corrected chi connectivity index (χ1v) is 1.82. The zero-order valence-electron chi connectivity index (χ0n) is 3.38. The van der Waals surface area contributed by atoms with Crippen molar-refractivity contribution in [3.63, 3.8) is 0 Å². The van der Waals surface area contributed by atoms with Crippen LogP contribution in [0.3, 0.4) is 0 Å². The summed E-state index contributed by atoms with van der Waals surface area (Å²) >= 11 is 4.88. The highest BCUT2D eigenvalue weighted by molar-refractivity contribution is 6.30. The molecule has 31 valence electrons. The topological polar surface area (TPSA) is 0 Å². The smallest absolute Gasteiger partial charge is 0.0184 e. The van der Waals surface area contributed by atoms with Crippen molar-refractivity contribution in [1.82, 2.24) is 0 Å². The zero-order valence-corrected chi connectivity index (χ0v) is 4.13. The van der Waals surface area contributed by atoms with E-state index in [-0.39, 0.29) is 0 Å². The average molecular weight is 108 g/mol. The summed E-state index contributed by atoms with van der Waals surface area (Å²) in [5.41, 5.74) is 0. The van der Waals surface area contributed by atoms with Crippen LogP contribution in [0.5, 0.6) is 0 Å². The highest BCUT2D eigenvalue weighted by Crippen LogP contribution is 1.58. The third-order valence-electron chi connectivity index (χ3n) is 0.235. The average Bonchev–Trinajstić information content (AvgIpc) is 1.69. The summed E-state index contributed by atoms with van der Waals surface area (Å²) in [4.78, 5) is 0. The van der Waals surface area contributed by atoms with E-state index in [2.05, 4.69) is 17.8 Å². The quantitative estimate of drug-likeness (QED) is 0.402. The largest absolute Gasteiger partial charge is 0.0219 e. The lowest BCUT2D eigenvalue weighted by Crippen LogP contribution is -1.44. The molecule has 0 unspecified atom stereocenters. The first-order valence-electron chi connectivity index (χ1n) is 1.44. The Labute approximate surface area is 47.9 Å². The van der Waals surface area contributed by atoms with E-state index < -0.39 is 0 Å². The molecule has 0 spiro atoms. The number of halogens is 1. The molecule has 0 rings (SSSR count). The summed E-state index contributed by atoms with van der Waals surface area (Å²) in [5, 5.41) is 2.03. The minimum Gasteiger partial charge on any atom is -0.0219 e. The molecule has 0 aromatic heterocycles. The molecule has 1 heteroatoms. The molecule has 7 heavy (non-hydrogen) atoms. The van der Waals surface area contributed by atoms with E-state index in [0.717, 1.165) is 0 Å². The van der Waals surface area contributed by atoms with Gasteiger partial charge in [-0.25, -0.2) is 0 Å². The molecule has 0 atom stereocenters. The summed E-state index contributed by atoms with van der Waals surface area (Å²) < 4.78 is 0. The Bertz CT molecular complexity index is 186. The number of hydrogen-bond donors (Lipinski definition) is 0. The van der Waals surface area contributed by atoms with Crippen molar-refractivity contribution in [3.05, 3.63) is 6.42 Å². The van der Waals surface area contributed by atoms with Gasteiger partial charge in [-0.3, -0.25) is 0 Å². The summed E-state index contributed by atoms with van der Waals surface area (Å²) in [6, 6.07) is 0. The van der Waals surface area contributed by atoms with Crippen LogP contribution in [0.25, 0.3) is 0 Å². The van der Waals surface area contributed by atoms with Crippen molar-refractivity contribution in [2.75, 3.05) is 0 Å². The van der Waals surface area contributed by atoms with Gasteiger partial charge in [-0.15, -0.1) is 0 Å². The molecule has 0 aliphatic carbocycles. The molecule has 0 saturated heterocycles. The van der Waals surface area contributed by atoms with Crippen LogP contribution in [0.1, 0.15) is 0 Å². The van der Waals surface area contributed by atoms with E-state index in [1.807, 2.05) is 11.3 Å². The second kappa shape index (κ2) is 4.97. The molecular weight excluding hydrogens is 108 g/mol. The SMILES string of the molecule is [C]#CC#CC#CCl. The van der Waals surface area contributed by atoms with Crippen LogP contribution in [0, 0.1) is 35.5 Å². The summed E-state index contributed by atoms with van der Waals surface area (Å²) in [6.07, 6.45) is 6.25. The lowest BCUT2D eigenvalue weighted by atomic mass is 10.6. The maximum absolute atomic E-state index is 6.25. The normalized spacial score (nSPS) is 3.43.